The van der Waals surface area contributed by atoms with E-state index in [1.807, 2.05) is 72.8 Å². The van der Waals surface area contributed by atoms with Crippen molar-refractivity contribution < 1.29 is 40.6 Å². The zero-order chi connectivity index (χ0) is 51.0. The Kier molecular flexibility index (Phi) is 16.6. The molecule has 2 saturated heterocycles. The highest BCUT2D eigenvalue weighted by atomic mass is 32.2. The van der Waals surface area contributed by atoms with Crippen LogP contribution in [0.3, 0.4) is 0 Å². The molecule has 2 aliphatic rings. The maximum absolute atomic E-state index is 13.8. The number of hydrogen-bond donors (Lipinski definition) is 0. The summed E-state index contributed by atoms with van der Waals surface area (Å²) in [7, 11) is -1.48. The Morgan fingerprint density at radius 3 is 1.13 bits per heavy atom. The molecule has 19 heteroatoms. The van der Waals surface area contributed by atoms with E-state index in [0.717, 1.165) is 59.8 Å². The largest absolute Gasteiger partial charge is 0.497 e. The molecule has 2 aliphatic heterocycles. The number of carbonyl (C=O) groups is 1. The van der Waals surface area contributed by atoms with Crippen LogP contribution in [-0.2, 0) is 62.1 Å². The van der Waals surface area contributed by atoms with Crippen molar-refractivity contribution in [3.05, 3.63) is 144 Å². The third-order valence-corrected chi connectivity index (χ3v) is 16.2. The summed E-state index contributed by atoms with van der Waals surface area (Å²) in [5, 5.41) is 8.87. The van der Waals surface area contributed by atoms with Crippen LogP contribution in [-0.4, -0.2) is 122 Å². The predicted molar refractivity (Wildman–Crippen MR) is 270 cm³/mol. The van der Waals surface area contributed by atoms with Crippen molar-refractivity contribution in [2.75, 3.05) is 61.2 Å². The SMILES string of the molecule is COc1ccc(CN(Cc2ccc(OC)cc2)S(=O)(=O)c2ccn(C(C)(C)C(=O)N3CCC3)n2)cc1.COc1ccc(CN(Cc2ccc(OC)cc2)S(=O)(=O)c2ccn(C(C)(C)CN3CCC3)n2)cc1. The fourth-order valence-electron chi connectivity index (χ4n) is 8.16. The van der Waals surface area contributed by atoms with E-state index < -0.39 is 25.6 Å². The lowest BCUT2D eigenvalue weighted by Crippen LogP contribution is -2.52. The van der Waals surface area contributed by atoms with Crippen molar-refractivity contribution in [3.63, 3.8) is 0 Å². The summed E-state index contributed by atoms with van der Waals surface area (Å²) in [6.07, 6.45) is 5.52. The minimum atomic E-state index is -3.99. The van der Waals surface area contributed by atoms with Crippen LogP contribution in [0.2, 0.25) is 0 Å². The Hall–Kier alpha value is -6.25. The fourth-order valence-corrected chi connectivity index (χ4v) is 10.8. The van der Waals surface area contributed by atoms with Crippen molar-refractivity contribution in [2.45, 2.75) is 87.8 Å². The zero-order valence-corrected chi connectivity index (χ0v) is 43.5. The summed E-state index contributed by atoms with van der Waals surface area (Å²) in [4.78, 5) is 17.0. The minimum Gasteiger partial charge on any atom is -0.497 e. The van der Waals surface area contributed by atoms with Crippen LogP contribution >= 0.6 is 0 Å². The van der Waals surface area contributed by atoms with Gasteiger partial charge in [-0.15, -0.1) is 0 Å². The summed E-state index contributed by atoms with van der Waals surface area (Å²) in [6, 6.07) is 32.4. The summed E-state index contributed by atoms with van der Waals surface area (Å²) < 4.78 is 82.2. The Labute approximate surface area is 418 Å². The minimum absolute atomic E-state index is 0.0520. The van der Waals surface area contributed by atoms with Gasteiger partial charge in [0.15, 0.2) is 10.1 Å². The number of likely N-dealkylation sites (tertiary alicyclic amines) is 2. The monoisotopic (exact) mass is 1010 g/mol. The van der Waals surface area contributed by atoms with Crippen molar-refractivity contribution in [3.8, 4) is 23.0 Å². The molecule has 0 spiro atoms. The number of carbonyl (C=O) groups excluding carboxylic acids is 1. The molecule has 2 fully saturated rings. The number of amides is 1. The molecule has 1 amide bonds. The van der Waals surface area contributed by atoms with Gasteiger partial charge in [-0.25, -0.2) is 16.8 Å². The molecule has 6 aromatic rings. The van der Waals surface area contributed by atoms with Gasteiger partial charge in [0.1, 0.15) is 28.5 Å². The van der Waals surface area contributed by atoms with Crippen molar-refractivity contribution >= 4 is 26.0 Å². The molecule has 71 heavy (non-hydrogen) atoms. The number of nitrogens with zero attached hydrogens (tertiary/aromatic N) is 8. The summed E-state index contributed by atoms with van der Waals surface area (Å²) in [5.41, 5.74) is 2.03. The number of benzene rings is 4. The first-order chi connectivity index (χ1) is 33.9. The second-order valence-electron chi connectivity index (χ2n) is 18.8. The van der Waals surface area contributed by atoms with E-state index in [-0.39, 0.29) is 47.7 Å². The Bertz CT molecular complexity index is 2820. The molecule has 0 radical (unpaired) electrons. The Balaban J connectivity index is 0.000000209. The lowest BCUT2D eigenvalue weighted by atomic mass is 10.0. The first kappa shape index (κ1) is 52.6. The van der Waals surface area contributed by atoms with Gasteiger partial charge in [-0.2, -0.15) is 18.8 Å². The number of ether oxygens (including phenoxy) is 4. The number of methoxy groups -OCH3 is 4. The van der Waals surface area contributed by atoms with Crippen molar-refractivity contribution in [2.24, 2.45) is 0 Å². The van der Waals surface area contributed by atoms with Crippen LogP contribution in [0.1, 0.15) is 62.8 Å². The summed E-state index contributed by atoms with van der Waals surface area (Å²) in [6.45, 7) is 12.8. The van der Waals surface area contributed by atoms with Gasteiger partial charge >= 0.3 is 0 Å². The van der Waals surface area contributed by atoms with E-state index in [4.69, 9.17) is 18.9 Å². The quantitative estimate of drug-likeness (QED) is 0.0725. The number of rotatable bonds is 21. The van der Waals surface area contributed by atoms with E-state index in [9.17, 15) is 21.6 Å². The molecule has 8 rings (SSSR count). The molecular formula is C52H66N8O9S2. The normalized spacial score (nSPS) is 14.3. The highest BCUT2D eigenvalue weighted by Gasteiger charge is 2.38. The van der Waals surface area contributed by atoms with Gasteiger partial charge in [0, 0.05) is 58.2 Å². The third kappa shape index (κ3) is 12.6. The van der Waals surface area contributed by atoms with E-state index >= 15 is 0 Å². The highest BCUT2D eigenvalue weighted by molar-refractivity contribution is 7.89. The van der Waals surface area contributed by atoms with Gasteiger partial charge in [-0.3, -0.25) is 14.2 Å². The van der Waals surface area contributed by atoms with Crippen LogP contribution < -0.4 is 18.9 Å². The molecule has 0 saturated carbocycles. The molecule has 0 unspecified atom stereocenters. The van der Waals surface area contributed by atoms with E-state index in [0.29, 0.717) is 24.6 Å². The summed E-state index contributed by atoms with van der Waals surface area (Å²) in [5.74, 6) is 2.75. The second-order valence-corrected chi connectivity index (χ2v) is 22.6. The van der Waals surface area contributed by atoms with Gasteiger partial charge in [-0.05, 0) is 137 Å². The molecule has 0 bridgehead atoms. The molecule has 4 heterocycles. The molecule has 4 aromatic carbocycles. The number of aromatic nitrogens is 4. The maximum Gasteiger partial charge on any atom is 0.262 e. The average Bonchev–Trinajstić information content (AvgIpc) is 4.07. The van der Waals surface area contributed by atoms with Crippen LogP contribution in [0.25, 0.3) is 0 Å². The van der Waals surface area contributed by atoms with Crippen LogP contribution in [0, 0.1) is 0 Å². The Morgan fingerprint density at radius 2 is 0.831 bits per heavy atom. The summed E-state index contributed by atoms with van der Waals surface area (Å²) >= 11 is 0. The molecule has 0 aliphatic carbocycles. The lowest BCUT2D eigenvalue weighted by Gasteiger charge is -2.38. The smallest absolute Gasteiger partial charge is 0.262 e. The van der Waals surface area contributed by atoms with Crippen molar-refractivity contribution in [1.29, 1.82) is 0 Å². The molecule has 380 valence electrons. The highest BCUT2D eigenvalue weighted by Crippen LogP contribution is 2.28. The van der Waals surface area contributed by atoms with Gasteiger partial charge in [0.25, 0.3) is 20.0 Å². The van der Waals surface area contributed by atoms with Crippen LogP contribution in [0.15, 0.2) is 132 Å². The van der Waals surface area contributed by atoms with E-state index in [1.54, 1.807) is 94.6 Å². The molecular weight excluding hydrogens is 945 g/mol. The first-order valence-electron chi connectivity index (χ1n) is 23.5. The molecule has 0 atom stereocenters. The van der Waals surface area contributed by atoms with E-state index in [2.05, 4.69) is 28.9 Å². The molecule has 0 N–H and O–H groups in total. The van der Waals surface area contributed by atoms with Crippen LogP contribution in [0.4, 0.5) is 0 Å². The van der Waals surface area contributed by atoms with Gasteiger partial charge < -0.3 is 28.7 Å². The maximum atomic E-state index is 13.8. The molecule has 17 nitrogen and oxygen atoms in total. The first-order valence-corrected chi connectivity index (χ1v) is 26.4. The fraction of sp³-hybridized carbons (Fsp3) is 0.404. The lowest BCUT2D eigenvalue weighted by molar-refractivity contribution is -0.143. The van der Waals surface area contributed by atoms with Gasteiger partial charge in [0.2, 0.25) is 5.91 Å². The number of sulfonamides is 2. The topological polar surface area (TPSA) is 171 Å². The molecule has 2 aromatic heterocycles. The van der Waals surface area contributed by atoms with E-state index in [1.165, 1.54) is 25.8 Å². The average molecular weight is 1010 g/mol. The predicted octanol–water partition coefficient (Wildman–Crippen LogP) is 6.99. The standard InChI is InChI=1S/C26H32N4O5S.C26H34N4O4S/c1-26(2,25(31)28-15-5-16-28)30-17-14-24(27-30)36(32,33)29(18-20-6-10-22(34-3)11-7-20)19-21-8-12-23(35-4)13-9-21;1-26(2,20-28-15-5-16-28)30-17-14-25(27-30)35(31,32)29(18-21-6-10-23(33-3)11-7-21)19-22-8-12-24(34-4)13-9-22/h6-14,17H,5,15-16,18-19H2,1-4H3;6-14,17H,5,15-16,18-20H2,1-4H3. The van der Waals surface area contributed by atoms with Gasteiger partial charge in [-0.1, -0.05) is 48.5 Å². The van der Waals surface area contributed by atoms with Crippen LogP contribution in [0.5, 0.6) is 23.0 Å². The van der Waals surface area contributed by atoms with Crippen molar-refractivity contribution in [1.82, 2.24) is 38.0 Å². The number of hydrogen-bond acceptors (Lipinski definition) is 12. The third-order valence-electron chi connectivity index (χ3n) is 12.8. The Morgan fingerprint density at radius 1 is 0.507 bits per heavy atom. The second kappa shape index (κ2) is 22.4. The zero-order valence-electron chi connectivity index (χ0n) is 41.9. The van der Waals surface area contributed by atoms with Gasteiger partial charge in [0.05, 0.1) is 34.0 Å².